The topological polar surface area (TPSA) is 15.6 Å². The van der Waals surface area contributed by atoms with Crippen LogP contribution in [0.1, 0.15) is 60.1 Å². The number of nitrogens with zero attached hydrogens (tertiary/aromatic N) is 2. The molecule has 2 aliphatic rings. The Kier molecular flexibility index (Phi) is 11.3. The maximum atomic E-state index is 5.01. The third-order valence-electron chi connectivity index (χ3n) is 12.7. The minimum absolute atomic E-state index is 0.492. The molecule has 8 aromatic carbocycles. The Morgan fingerprint density at radius 3 is 1.83 bits per heavy atom. The summed E-state index contributed by atoms with van der Waals surface area (Å²) in [5.74, 6) is 0. The molecule has 11 rings (SSSR count). The van der Waals surface area contributed by atoms with Gasteiger partial charge in [-0.1, -0.05) is 175 Å². The molecule has 0 atom stereocenters. The number of benzene rings is 8. The van der Waals surface area contributed by atoms with E-state index in [-0.39, 0.29) is 0 Å². The first-order valence-electron chi connectivity index (χ1n) is 22.3. The van der Waals surface area contributed by atoms with E-state index >= 15 is 0 Å². The summed E-state index contributed by atoms with van der Waals surface area (Å²) in [6, 6.07) is 75.2. The molecule has 0 N–H and O–H groups in total. The summed E-state index contributed by atoms with van der Waals surface area (Å²) in [6.07, 6.45) is 8.99. The van der Waals surface area contributed by atoms with E-state index in [2.05, 4.69) is 244 Å². The summed E-state index contributed by atoms with van der Waals surface area (Å²) in [5, 5.41) is 1.28. The van der Waals surface area contributed by atoms with Gasteiger partial charge < -0.3 is 4.90 Å². The minimum atomic E-state index is -0.492. The van der Waals surface area contributed by atoms with Gasteiger partial charge in [-0.3, -0.25) is 4.99 Å². The SMILES string of the molecule is CC(=Nc1ccccc1C)c1ccc(N(c2ccc(-c3cc4ccccc4s3)cc2)c2ccc3c(c2)C(c2ccccc2)(c2ccccc2)c2ccccc2-3)cc1.CC1=CC=CCC1. The fourth-order valence-electron chi connectivity index (χ4n) is 9.43. The van der Waals surface area contributed by atoms with Crippen LogP contribution in [0.25, 0.3) is 31.7 Å². The van der Waals surface area contributed by atoms with Crippen molar-refractivity contribution in [3.63, 3.8) is 0 Å². The molecular formula is C61H50N2S. The molecule has 0 aliphatic heterocycles. The van der Waals surface area contributed by atoms with Crippen LogP contribution < -0.4 is 4.90 Å². The molecule has 9 aromatic rings. The van der Waals surface area contributed by atoms with Gasteiger partial charge >= 0.3 is 0 Å². The first kappa shape index (κ1) is 40.7. The molecule has 2 aliphatic carbocycles. The fraction of sp³-hybridized carbons (Fsp3) is 0.0984. The molecule has 0 fully saturated rings. The van der Waals surface area contributed by atoms with Crippen molar-refractivity contribution in [1.29, 1.82) is 0 Å². The number of rotatable bonds is 8. The number of para-hydroxylation sites is 1. The highest BCUT2D eigenvalue weighted by Gasteiger charge is 2.46. The van der Waals surface area contributed by atoms with Crippen LogP contribution in [0.15, 0.2) is 235 Å². The van der Waals surface area contributed by atoms with Crippen molar-refractivity contribution in [2.24, 2.45) is 4.99 Å². The van der Waals surface area contributed by atoms with Crippen LogP contribution in [-0.4, -0.2) is 5.71 Å². The number of thiophene rings is 1. The van der Waals surface area contributed by atoms with Crippen LogP contribution in [0.4, 0.5) is 22.7 Å². The number of hydrogen-bond donors (Lipinski definition) is 0. The maximum absolute atomic E-state index is 5.01. The van der Waals surface area contributed by atoms with Crippen LogP contribution in [-0.2, 0) is 5.41 Å². The van der Waals surface area contributed by atoms with Gasteiger partial charge in [-0.2, -0.15) is 0 Å². The van der Waals surface area contributed by atoms with Gasteiger partial charge in [0.15, 0.2) is 0 Å². The van der Waals surface area contributed by atoms with Crippen molar-refractivity contribution in [3.8, 4) is 21.6 Å². The summed E-state index contributed by atoms with van der Waals surface area (Å²) in [4.78, 5) is 8.68. The fourth-order valence-corrected chi connectivity index (χ4v) is 10.5. The van der Waals surface area contributed by atoms with Crippen molar-refractivity contribution in [1.82, 2.24) is 0 Å². The first-order chi connectivity index (χ1) is 31.5. The molecule has 2 nitrogen and oxygen atoms in total. The number of anilines is 3. The lowest BCUT2D eigenvalue weighted by atomic mass is 9.67. The zero-order valence-electron chi connectivity index (χ0n) is 36.6. The lowest BCUT2D eigenvalue weighted by Gasteiger charge is -2.35. The number of aryl methyl sites for hydroxylation is 1. The van der Waals surface area contributed by atoms with Gasteiger partial charge in [0.05, 0.1) is 11.1 Å². The highest BCUT2D eigenvalue weighted by atomic mass is 32.1. The standard InChI is InChI=1S/C54H40N2S.C7H10/c1-37-15-9-13-23-51(37)55-38(2)39-25-29-44(30-26-39)56(45-31-27-40(28-32-45)53-35-41-16-10-14-24-52(41)57-53)46-33-34-48-47-21-11-12-22-49(47)54(50(48)36-46,42-17-5-3-6-18-42)43-19-7-4-8-20-43;1-7-5-3-2-4-6-7/h3-36H,1-2H3;2-3,5H,4,6H2,1H3. The molecule has 1 heterocycles. The Labute approximate surface area is 381 Å². The molecule has 0 unspecified atom stereocenters. The summed E-state index contributed by atoms with van der Waals surface area (Å²) in [5.41, 5.74) is 17.4. The van der Waals surface area contributed by atoms with Crippen molar-refractivity contribution in [2.45, 2.75) is 39.0 Å². The second kappa shape index (κ2) is 17.8. The number of allylic oxidation sites excluding steroid dienone is 4. The largest absolute Gasteiger partial charge is 0.310 e. The lowest BCUT2D eigenvalue weighted by molar-refractivity contribution is 0.768. The second-order valence-corrected chi connectivity index (χ2v) is 17.9. The van der Waals surface area contributed by atoms with Crippen LogP contribution in [0.2, 0.25) is 0 Å². The van der Waals surface area contributed by atoms with E-state index in [1.54, 1.807) is 0 Å². The number of fused-ring (bicyclic) bond motifs is 4. The molecular weight excluding hydrogens is 793 g/mol. The predicted molar refractivity (Wildman–Crippen MR) is 274 cm³/mol. The maximum Gasteiger partial charge on any atom is 0.0714 e. The van der Waals surface area contributed by atoms with Gasteiger partial charge in [0, 0.05) is 32.4 Å². The third-order valence-corrected chi connectivity index (χ3v) is 13.9. The van der Waals surface area contributed by atoms with Gasteiger partial charge in [-0.25, -0.2) is 0 Å². The van der Waals surface area contributed by atoms with Gasteiger partial charge in [0.25, 0.3) is 0 Å². The molecule has 0 saturated heterocycles. The van der Waals surface area contributed by atoms with Crippen LogP contribution >= 0.6 is 11.3 Å². The Bertz CT molecular complexity index is 3100. The zero-order valence-corrected chi connectivity index (χ0v) is 37.4. The van der Waals surface area contributed by atoms with Crippen molar-refractivity contribution >= 4 is 49.9 Å². The molecule has 64 heavy (non-hydrogen) atoms. The van der Waals surface area contributed by atoms with Crippen molar-refractivity contribution in [3.05, 3.63) is 263 Å². The molecule has 3 heteroatoms. The normalized spacial score (nSPS) is 13.7. The second-order valence-electron chi connectivity index (χ2n) is 16.8. The van der Waals surface area contributed by atoms with E-state index in [4.69, 9.17) is 4.99 Å². The molecule has 0 bridgehead atoms. The van der Waals surface area contributed by atoms with Crippen LogP contribution in [0.5, 0.6) is 0 Å². The van der Waals surface area contributed by atoms with E-state index in [0.717, 1.165) is 34.0 Å². The summed E-state index contributed by atoms with van der Waals surface area (Å²) in [7, 11) is 0. The lowest BCUT2D eigenvalue weighted by Crippen LogP contribution is -2.28. The Morgan fingerprint density at radius 2 is 1.17 bits per heavy atom. The van der Waals surface area contributed by atoms with E-state index in [0.29, 0.717) is 0 Å². The average Bonchev–Trinajstić information content (AvgIpc) is 3.92. The monoisotopic (exact) mass is 842 g/mol. The van der Waals surface area contributed by atoms with Gasteiger partial charge in [-0.15, -0.1) is 11.3 Å². The Morgan fingerprint density at radius 1 is 0.562 bits per heavy atom. The molecule has 310 valence electrons. The van der Waals surface area contributed by atoms with E-state index in [9.17, 15) is 0 Å². The Balaban J connectivity index is 0.000000634. The predicted octanol–water partition coefficient (Wildman–Crippen LogP) is 17.1. The highest BCUT2D eigenvalue weighted by molar-refractivity contribution is 7.22. The quantitative estimate of drug-likeness (QED) is 0.139. The molecule has 1 aromatic heterocycles. The molecule has 0 amide bonds. The van der Waals surface area contributed by atoms with Gasteiger partial charge in [-0.05, 0) is 144 Å². The van der Waals surface area contributed by atoms with Crippen molar-refractivity contribution in [2.75, 3.05) is 4.90 Å². The summed E-state index contributed by atoms with van der Waals surface area (Å²) >= 11 is 1.84. The van der Waals surface area contributed by atoms with Gasteiger partial charge in [0.2, 0.25) is 0 Å². The smallest absolute Gasteiger partial charge is 0.0714 e. The average molecular weight is 843 g/mol. The third kappa shape index (κ3) is 7.74. The van der Waals surface area contributed by atoms with Crippen LogP contribution in [0.3, 0.4) is 0 Å². The zero-order chi connectivity index (χ0) is 43.5. The number of hydrogen-bond acceptors (Lipinski definition) is 3. The molecule has 0 spiro atoms. The van der Waals surface area contributed by atoms with E-state index in [1.165, 1.54) is 77.9 Å². The van der Waals surface area contributed by atoms with E-state index < -0.39 is 5.41 Å². The summed E-state index contributed by atoms with van der Waals surface area (Å²) < 4.78 is 1.30. The molecule has 0 saturated carbocycles. The van der Waals surface area contributed by atoms with E-state index in [1.807, 2.05) is 17.4 Å². The first-order valence-corrected chi connectivity index (χ1v) is 23.1. The van der Waals surface area contributed by atoms with Crippen molar-refractivity contribution < 1.29 is 0 Å². The Hall–Kier alpha value is -7.33. The highest BCUT2D eigenvalue weighted by Crippen LogP contribution is 2.57. The number of aliphatic imine (C=N–C) groups is 1. The van der Waals surface area contributed by atoms with Crippen LogP contribution in [0, 0.1) is 6.92 Å². The summed E-state index contributed by atoms with van der Waals surface area (Å²) in [6.45, 7) is 6.37. The molecule has 0 radical (unpaired) electrons. The van der Waals surface area contributed by atoms with Gasteiger partial charge in [0.1, 0.15) is 0 Å². The minimum Gasteiger partial charge on any atom is -0.310 e.